The van der Waals surface area contributed by atoms with Gasteiger partial charge in [0.2, 0.25) is 0 Å². The number of unbranched alkanes of at least 4 members (excludes halogenated alkanes) is 3. The van der Waals surface area contributed by atoms with E-state index >= 15 is 0 Å². The van der Waals surface area contributed by atoms with Gasteiger partial charge >= 0.3 is 0 Å². The molecule has 3 heteroatoms. The van der Waals surface area contributed by atoms with E-state index in [9.17, 15) is 0 Å². The third kappa shape index (κ3) is 22.6. The molecule has 0 aromatic heterocycles. The number of hydrogen-bond donors (Lipinski definition) is 3. The van der Waals surface area contributed by atoms with Crippen molar-refractivity contribution in [3.05, 3.63) is 0 Å². The van der Waals surface area contributed by atoms with Crippen molar-refractivity contribution in [2.45, 2.75) is 65.1 Å². The second-order valence-corrected chi connectivity index (χ2v) is 3.72. The van der Waals surface area contributed by atoms with E-state index in [0.29, 0.717) is 13.0 Å². The summed E-state index contributed by atoms with van der Waals surface area (Å²) >= 11 is 0. The zero-order chi connectivity index (χ0) is 11.4. The van der Waals surface area contributed by atoms with Gasteiger partial charge in [-0.15, -0.1) is 0 Å². The van der Waals surface area contributed by atoms with Crippen LogP contribution in [0, 0.1) is 0 Å². The number of hydrogen-bond acceptors (Lipinski definition) is 3. The molecule has 0 saturated heterocycles. The van der Waals surface area contributed by atoms with Gasteiger partial charge in [0.25, 0.3) is 0 Å². The van der Waals surface area contributed by atoms with Crippen LogP contribution in [0.3, 0.4) is 0 Å². The lowest BCUT2D eigenvalue weighted by Crippen LogP contribution is -2.10. The molecule has 2 unspecified atom stereocenters. The van der Waals surface area contributed by atoms with Crippen LogP contribution in [0.5, 0.6) is 0 Å². The maximum absolute atomic E-state index is 8.56. The summed E-state index contributed by atoms with van der Waals surface area (Å²) in [6.45, 7) is 5.84. The van der Waals surface area contributed by atoms with E-state index in [1.54, 1.807) is 13.8 Å². The summed E-state index contributed by atoms with van der Waals surface area (Å²) < 4.78 is 0. The molecular formula is C11H26O3. The predicted octanol–water partition coefficient (Wildman–Crippen LogP) is 1.70. The van der Waals surface area contributed by atoms with Crippen LogP contribution in [-0.2, 0) is 0 Å². The number of rotatable bonds is 6. The Morgan fingerprint density at radius 3 is 1.64 bits per heavy atom. The van der Waals surface area contributed by atoms with E-state index in [0.717, 1.165) is 6.42 Å². The summed E-state index contributed by atoms with van der Waals surface area (Å²) in [6.07, 6.45) is 4.40. The van der Waals surface area contributed by atoms with Crippen LogP contribution >= 0.6 is 0 Å². The molecule has 0 radical (unpaired) electrons. The van der Waals surface area contributed by atoms with Crippen LogP contribution in [0.2, 0.25) is 0 Å². The quantitative estimate of drug-likeness (QED) is 0.580. The molecule has 0 aromatic carbocycles. The van der Waals surface area contributed by atoms with Gasteiger partial charge < -0.3 is 15.3 Å². The second kappa shape index (κ2) is 12.9. The Labute approximate surface area is 87.8 Å². The van der Waals surface area contributed by atoms with Crippen molar-refractivity contribution in [2.24, 2.45) is 0 Å². The Morgan fingerprint density at radius 2 is 1.43 bits per heavy atom. The highest BCUT2D eigenvalue weighted by molar-refractivity contribution is 4.51. The molecule has 0 aliphatic carbocycles. The minimum atomic E-state index is -0.375. The average molecular weight is 206 g/mol. The van der Waals surface area contributed by atoms with Crippen LogP contribution in [0.4, 0.5) is 0 Å². The fraction of sp³-hybridized carbons (Fsp3) is 1.00. The van der Waals surface area contributed by atoms with Crippen LogP contribution in [0.25, 0.3) is 0 Å². The van der Waals surface area contributed by atoms with Gasteiger partial charge in [-0.3, -0.25) is 0 Å². The van der Waals surface area contributed by atoms with Gasteiger partial charge in [0.1, 0.15) is 0 Å². The van der Waals surface area contributed by atoms with Gasteiger partial charge in [0.05, 0.1) is 12.2 Å². The summed E-state index contributed by atoms with van der Waals surface area (Å²) in [5, 5.41) is 25.4. The third-order valence-electron chi connectivity index (χ3n) is 1.69. The Bertz CT molecular complexity index is 82.5. The molecule has 0 bridgehead atoms. The molecule has 14 heavy (non-hydrogen) atoms. The smallest absolute Gasteiger partial charge is 0.0536 e. The maximum atomic E-state index is 8.56. The van der Waals surface area contributed by atoms with Crippen LogP contribution < -0.4 is 0 Å². The van der Waals surface area contributed by atoms with Gasteiger partial charge in [-0.25, -0.2) is 0 Å². The number of aliphatic hydroxyl groups is 3. The van der Waals surface area contributed by atoms with Crippen molar-refractivity contribution in [2.75, 3.05) is 6.61 Å². The molecule has 0 saturated carbocycles. The molecule has 0 rings (SSSR count). The molecule has 0 amide bonds. The molecule has 3 N–H and O–H groups in total. The van der Waals surface area contributed by atoms with E-state index in [-0.39, 0.29) is 12.2 Å². The first-order chi connectivity index (χ1) is 6.54. The van der Waals surface area contributed by atoms with Crippen molar-refractivity contribution < 1.29 is 15.3 Å². The van der Waals surface area contributed by atoms with Crippen LogP contribution in [-0.4, -0.2) is 34.1 Å². The molecule has 0 aromatic rings. The molecule has 0 aliphatic rings. The van der Waals surface area contributed by atoms with E-state index in [4.69, 9.17) is 15.3 Å². The monoisotopic (exact) mass is 206 g/mol. The van der Waals surface area contributed by atoms with Crippen molar-refractivity contribution in [1.82, 2.24) is 0 Å². The van der Waals surface area contributed by atoms with Crippen LogP contribution in [0.15, 0.2) is 0 Å². The predicted molar refractivity (Wildman–Crippen MR) is 59.2 cm³/mol. The second-order valence-electron chi connectivity index (χ2n) is 3.72. The standard InChI is InChI=1S/C6H14O.C5H12O2/c1-2-3-4-5-6-7;1-4(6)3-5(2)7/h7H,2-6H2,1H3;4-7H,3H2,1-2H3. The molecular weight excluding hydrogens is 180 g/mol. The van der Waals surface area contributed by atoms with Crippen molar-refractivity contribution >= 4 is 0 Å². The molecule has 3 nitrogen and oxygen atoms in total. The molecule has 0 aliphatic heterocycles. The Balaban J connectivity index is 0. The summed E-state index contributed by atoms with van der Waals surface area (Å²) in [4.78, 5) is 0. The summed E-state index contributed by atoms with van der Waals surface area (Å²) in [7, 11) is 0. The Kier molecular flexibility index (Phi) is 15.0. The zero-order valence-corrected chi connectivity index (χ0v) is 9.74. The lowest BCUT2D eigenvalue weighted by Gasteiger charge is -2.04. The highest BCUT2D eigenvalue weighted by Gasteiger charge is 1.98. The topological polar surface area (TPSA) is 60.7 Å². The molecule has 88 valence electrons. The van der Waals surface area contributed by atoms with Crippen molar-refractivity contribution in [3.8, 4) is 0 Å². The highest BCUT2D eigenvalue weighted by atomic mass is 16.3. The largest absolute Gasteiger partial charge is 0.396 e. The number of aliphatic hydroxyl groups excluding tert-OH is 3. The Morgan fingerprint density at radius 1 is 0.929 bits per heavy atom. The average Bonchev–Trinajstić information content (AvgIpc) is 2.04. The molecule has 2 atom stereocenters. The summed E-state index contributed by atoms with van der Waals surface area (Å²) in [5.41, 5.74) is 0. The van der Waals surface area contributed by atoms with Gasteiger partial charge in [0, 0.05) is 6.61 Å². The fourth-order valence-electron chi connectivity index (χ4n) is 1.03. The Hall–Kier alpha value is -0.120. The first kappa shape index (κ1) is 16.3. The third-order valence-corrected chi connectivity index (χ3v) is 1.69. The van der Waals surface area contributed by atoms with Gasteiger partial charge in [0.15, 0.2) is 0 Å². The van der Waals surface area contributed by atoms with Gasteiger partial charge in [-0.05, 0) is 26.7 Å². The highest BCUT2D eigenvalue weighted by Crippen LogP contribution is 1.96. The SMILES string of the molecule is CC(O)CC(C)O.CCCCCCO. The molecule has 0 fully saturated rings. The van der Waals surface area contributed by atoms with Crippen LogP contribution in [0.1, 0.15) is 52.9 Å². The minimum Gasteiger partial charge on any atom is -0.396 e. The zero-order valence-electron chi connectivity index (χ0n) is 9.74. The maximum Gasteiger partial charge on any atom is 0.0536 e. The van der Waals surface area contributed by atoms with E-state index in [1.165, 1.54) is 19.3 Å². The molecule has 0 heterocycles. The first-order valence-electron chi connectivity index (χ1n) is 5.51. The molecule has 0 spiro atoms. The van der Waals surface area contributed by atoms with Gasteiger partial charge in [-0.1, -0.05) is 26.2 Å². The van der Waals surface area contributed by atoms with Gasteiger partial charge in [-0.2, -0.15) is 0 Å². The van der Waals surface area contributed by atoms with E-state index in [1.807, 2.05) is 0 Å². The normalized spacial score (nSPS) is 14.1. The summed E-state index contributed by atoms with van der Waals surface area (Å²) in [6, 6.07) is 0. The lowest BCUT2D eigenvalue weighted by atomic mass is 10.2. The summed E-state index contributed by atoms with van der Waals surface area (Å²) in [5.74, 6) is 0. The van der Waals surface area contributed by atoms with Crippen molar-refractivity contribution in [3.63, 3.8) is 0 Å². The fourth-order valence-corrected chi connectivity index (χ4v) is 1.03. The van der Waals surface area contributed by atoms with Crippen molar-refractivity contribution in [1.29, 1.82) is 0 Å². The lowest BCUT2D eigenvalue weighted by molar-refractivity contribution is 0.102. The minimum absolute atomic E-state index is 0.361. The van der Waals surface area contributed by atoms with E-state index < -0.39 is 0 Å². The van der Waals surface area contributed by atoms with E-state index in [2.05, 4.69) is 6.92 Å². The first-order valence-corrected chi connectivity index (χ1v) is 5.51.